The lowest BCUT2D eigenvalue weighted by Crippen LogP contribution is -2.51. The molecular formula is C15H21Cl2N3O3S. The Labute approximate surface area is 153 Å². The summed E-state index contributed by atoms with van der Waals surface area (Å²) < 4.78 is 25.3. The minimum absolute atomic E-state index is 0.229. The van der Waals surface area contributed by atoms with Crippen LogP contribution in [0, 0.1) is 0 Å². The number of halogens is 2. The molecule has 1 amide bonds. The van der Waals surface area contributed by atoms with Gasteiger partial charge in [-0.05, 0) is 24.7 Å². The molecule has 0 radical (unpaired) electrons. The third-order valence-corrected chi connectivity index (χ3v) is 5.56. The lowest BCUT2D eigenvalue weighted by molar-refractivity contribution is -0.131. The first-order valence-corrected chi connectivity index (χ1v) is 10.2. The van der Waals surface area contributed by atoms with Gasteiger partial charge in [-0.15, -0.1) is 0 Å². The number of anilines is 1. The number of hydrogen-bond donors (Lipinski definition) is 0. The van der Waals surface area contributed by atoms with Gasteiger partial charge in [-0.1, -0.05) is 30.1 Å². The third kappa shape index (κ3) is 4.99. The molecule has 0 atom stereocenters. The number of rotatable bonds is 5. The van der Waals surface area contributed by atoms with Gasteiger partial charge in [-0.3, -0.25) is 9.10 Å². The highest BCUT2D eigenvalue weighted by Gasteiger charge is 2.26. The third-order valence-electron chi connectivity index (χ3n) is 3.99. The monoisotopic (exact) mass is 393 g/mol. The smallest absolute Gasteiger partial charge is 0.243 e. The van der Waals surface area contributed by atoms with Crippen LogP contribution in [0.2, 0.25) is 10.0 Å². The molecule has 6 nitrogen and oxygen atoms in total. The standard InChI is InChI=1S/C15H21Cl2N3O3S/c1-3-18-4-6-19(7-5-18)15(21)11-20(24(2,22)23)14-9-12(16)8-13(17)10-14/h8-10H,3-7,11H2,1-2H3. The topological polar surface area (TPSA) is 60.9 Å². The van der Waals surface area contributed by atoms with Crippen molar-refractivity contribution >= 4 is 44.8 Å². The summed E-state index contributed by atoms with van der Waals surface area (Å²) in [5.41, 5.74) is 0.288. The first kappa shape index (κ1) is 19.3. The molecule has 134 valence electrons. The van der Waals surface area contributed by atoms with Crippen LogP contribution in [-0.4, -0.2) is 69.6 Å². The summed E-state index contributed by atoms with van der Waals surface area (Å²) in [4.78, 5) is 16.5. The molecule has 9 heteroatoms. The molecule has 0 bridgehead atoms. The minimum Gasteiger partial charge on any atom is -0.339 e. The average Bonchev–Trinajstić information content (AvgIpc) is 2.50. The van der Waals surface area contributed by atoms with Gasteiger partial charge >= 0.3 is 0 Å². The SMILES string of the molecule is CCN1CCN(C(=O)CN(c2cc(Cl)cc(Cl)c2)S(C)(=O)=O)CC1. The number of likely N-dealkylation sites (N-methyl/N-ethyl adjacent to an activating group) is 1. The van der Waals surface area contributed by atoms with Crippen LogP contribution in [0.15, 0.2) is 18.2 Å². The van der Waals surface area contributed by atoms with E-state index in [1.54, 1.807) is 4.90 Å². The zero-order valence-electron chi connectivity index (χ0n) is 13.7. The largest absolute Gasteiger partial charge is 0.339 e. The molecular weight excluding hydrogens is 373 g/mol. The van der Waals surface area contributed by atoms with Crippen molar-refractivity contribution in [3.05, 3.63) is 28.2 Å². The molecule has 1 aromatic rings. The fourth-order valence-corrected chi connectivity index (χ4v) is 3.97. The van der Waals surface area contributed by atoms with Gasteiger partial charge in [-0.25, -0.2) is 8.42 Å². The summed E-state index contributed by atoms with van der Waals surface area (Å²) in [6.07, 6.45) is 1.06. The number of carbonyl (C=O) groups excluding carboxylic acids is 1. The van der Waals surface area contributed by atoms with Crippen molar-refractivity contribution in [3.63, 3.8) is 0 Å². The molecule has 0 aliphatic carbocycles. The number of piperazine rings is 1. The lowest BCUT2D eigenvalue weighted by atomic mass is 10.3. The predicted octanol–water partition coefficient (Wildman–Crippen LogP) is 1.92. The summed E-state index contributed by atoms with van der Waals surface area (Å²) in [5.74, 6) is -0.229. The number of hydrogen-bond acceptors (Lipinski definition) is 4. The van der Waals surface area contributed by atoms with E-state index >= 15 is 0 Å². The Bertz CT molecular complexity index is 684. The molecule has 24 heavy (non-hydrogen) atoms. The average molecular weight is 394 g/mol. The van der Waals surface area contributed by atoms with Gasteiger partial charge < -0.3 is 9.80 Å². The highest BCUT2D eigenvalue weighted by atomic mass is 35.5. The molecule has 1 aromatic carbocycles. The van der Waals surface area contributed by atoms with E-state index in [0.717, 1.165) is 30.2 Å². The van der Waals surface area contributed by atoms with Gasteiger partial charge in [0.15, 0.2) is 0 Å². The zero-order chi connectivity index (χ0) is 17.9. The van der Waals surface area contributed by atoms with E-state index in [1.807, 2.05) is 0 Å². The molecule has 1 heterocycles. The summed E-state index contributed by atoms with van der Waals surface area (Å²) in [5, 5.41) is 0.630. The van der Waals surface area contributed by atoms with Crippen molar-refractivity contribution in [3.8, 4) is 0 Å². The first-order valence-electron chi connectivity index (χ1n) is 7.64. The van der Waals surface area contributed by atoms with Crippen molar-refractivity contribution in [1.29, 1.82) is 0 Å². The molecule has 2 rings (SSSR count). The van der Waals surface area contributed by atoms with E-state index < -0.39 is 10.0 Å². The maximum atomic E-state index is 12.5. The summed E-state index contributed by atoms with van der Waals surface area (Å²) in [6, 6.07) is 4.48. The molecule has 0 spiro atoms. The van der Waals surface area contributed by atoms with Gasteiger partial charge in [-0.2, -0.15) is 0 Å². The molecule has 1 fully saturated rings. The maximum Gasteiger partial charge on any atom is 0.243 e. The number of benzene rings is 1. The van der Waals surface area contributed by atoms with Crippen molar-refractivity contribution in [2.75, 3.05) is 49.8 Å². The zero-order valence-corrected chi connectivity index (χ0v) is 16.0. The van der Waals surface area contributed by atoms with Crippen LogP contribution in [-0.2, 0) is 14.8 Å². The van der Waals surface area contributed by atoms with Gasteiger partial charge in [0.25, 0.3) is 0 Å². The van der Waals surface area contributed by atoms with Gasteiger partial charge in [0.1, 0.15) is 6.54 Å². The fourth-order valence-electron chi connectivity index (χ4n) is 2.62. The van der Waals surface area contributed by atoms with Crippen LogP contribution in [0.3, 0.4) is 0 Å². The number of amides is 1. The molecule has 1 saturated heterocycles. The fraction of sp³-hybridized carbons (Fsp3) is 0.533. The number of sulfonamides is 1. The quantitative estimate of drug-likeness (QED) is 0.766. The molecule has 0 unspecified atom stereocenters. The predicted molar refractivity (Wildman–Crippen MR) is 97.3 cm³/mol. The van der Waals surface area contributed by atoms with Gasteiger partial charge in [0, 0.05) is 36.2 Å². The first-order chi connectivity index (χ1) is 11.2. The normalized spacial score (nSPS) is 16.2. The Kier molecular flexibility index (Phi) is 6.36. The van der Waals surface area contributed by atoms with Crippen LogP contribution >= 0.6 is 23.2 Å². The Morgan fingerprint density at radius 3 is 2.12 bits per heavy atom. The molecule has 1 aliphatic heterocycles. The van der Waals surface area contributed by atoms with Gasteiger partial charge in [0.2, 0.25) is 15.9 Å². The lowest BCUT2D eigenvalue weighted by Gasteiger charge is -2.35. The van der Waals surface area contributed by atoms with Crippen LogP contribution in [0.1, 0.15) is 6.92 Å². The van der Waals surface area contributed by atoms with Crippen LogP contribution in [0.4, 0.5) is 5.69 Å². The van der Waals surface area contributed by atoms with Gasteiger partial charge in [0.05, 0.1) is 11.9 Å². The van der Waals surface area contributed by atoms with E-state index in [1.165, 1.54) is 18.2 Å². The van der Waals surface area contributed by atoms with E-state index in [4.69, 9.17) is 23.2 Å². The molecule has 0 N–H and O–H groups in total. The molecule has 0 saturated carbocycles. The van der Waals surface area contributed by atoms with Crippen LogP contribution in [0.25, 0.3) is 0 Å². The van der Waals surface area contributed by atoms with Crippen molar-refractivity contribution in [1.82, 2.24) is 9.80 Å². The number of nitrogens with zero attached hydrogens (tertiary/aromatic N) is 3. The summed E-state index contributed by atoms with van der Waals surface area (Å²) in [7, 11) is -3.64. The maximum absolute atomic E-state index is 12.5. The Hall–Kier alpha value is -1.02. The Morgan fingerprint density at radius 1 is 1.12 bits per heavy atom. The van der Waals surface area contributed by atoms with Crippen molar-refractivity contribution in [2.45, 2.75) is 6.92 Å². The molecule has 0 aromatic heterocycles. The highest BCUT2D eigenvalue weighted by molar-refractivity contribution is 7.92. The number of carbonyl (C=O) groups is 1. The second-order valence-electron chi connectivity index (χ2n) is 5.71. The van der Waals surface area contributed by atoms with Crippen molar-refractivity contribution in [2.24, 2.45) is 0 Å². The van der Waals surface area contributed by atoms with E-state index in [-0.39, 0.29) is 18.1 Å². The van der Waals surface area contributed by atoms with Crippen LogP contribution in [0.5, 0.6) is 0 Å². The Balaban J connectivity index is 2.17. The van der Waals surface area contributed by atoms with E-state index in [0.29, 0.717) is 23.1 Å². The second kappa shape index (κ2) is 7.91. The van der Waals surface area contributed by atoms with Crippen molar-refractivity contribution < 1.29 is 13.2 Å². The highest BCUT2D eigenvalue weighted by Crippen LogP contribution is 2.27. The summed E-state index contributed by atoms with van der Waals surface area (Å²) >= 11 is 11.9. The second-order valence-corrected chi connectivity index (χ2v) is 8.49. The Morgan fingerprint density at radius 2 is 1.67 bits per heavy atom. The van der Waals surface area contributed by atoms with Crippen LogP contribution < -0.4 is 4.31 Å². The summed E-state index contributed by atoms with van der Waals surface area (Å²) in [6.45, 7) is 5.54. The minimum atomic E-state index is -3.64. The van der Waals surface area contributed by atoms with E-state index in [9.17, 15) is 13.2 Å². The molecule has 1 aliphatic rings. The van der Waals surface area contributed by atoms with E-state index in [2.05, 4.69) is 11.8 Å².